The van der Waals surface area contributed by atoms with Crippen molar-refractivity contribution in [2.75, 3.05) is 0 Å². The number of thiazole rings is 1. The number of rotatable bonds is 2. The van der Waals surface area contributed by atoms with E-state index in [9.17, 15) is 0 Å². The monoisotopic (exact) mass is 341 g/mol. The van der Waals surface area contributed by atoms with Gasteiger partial charge in [0.1, 0.15) is 10.3 Å². The Morgan fingerprint density at radius 2 is 1.75 bits per heavy atom. The summed E-state index contributed by atoms with van der Waals surface area (Å²) in [6, 6.07) is 7.22. The number of hydrogen-bond donors (Lipinski definition) is 0. The molecule has 2 aromatic heterocycles. The SMILES string of the molecule is Clc1cccc(-c2c(Cl)nc(-c3cncs3)nc2Cl)c1. The fourth-order valence-electron chi connectivity index (χ4n) is 1.73. The minimum atomic E-state index is 0.288. The Morgan fingerprint density at radius 3 is 2.35 bits per heavy atom. The first-order chi connectivity index (χ1) is 9.65. The first-order valence-corrected chi connectivity index (χ1v) is 7.54. The minimum Gasteiger partial charge on any atom is -0.252 e. The fourth-order valence-corrected chi connectivity index (χ4v) is 3.08. The van der Waals surface area contributed by atoms with Crippen molar-refractivity contribution in [3.8, 4) is 21.8 Å². The van der Waals surface area contributed by atoms with E-state index < -0.39 is 0 Å². The summed E-state index contributed by atoms with van der Waals surface area (Å²) in [5.41, 5.74) is 3.05. The Hall–Kier alpha value is -1.20. The maximum atomic E-state index is 6.24. The van der Waals surface area contributed by atoms with E-state index in [2.05, 4.69) is 15.0 Å². The van der Waals surface area contributed by atoms with E-state index in [4.69, 9.17) is 34.8 Å². The molecule has 0 spiro atoms. The molecule has 0 aliphatic heterocycles. The van der Waals surface area contributed by atoms with Crippen molar-refractivity contribution in [2.45, 2.75) is 0 Å². The highest BCUT2D eigenvalue weighted by Crippen LogP contribution is 2.35. The van der Waals surface area contributed by atoms with Crippen molar-refractivity contribution in [2.24, 2.45) is 0 Å². The predicted octanol–water partition coefficient (Wildman–Crippen LogP) is 5.23. The van der Waals surface area contributed by atoms with E-state index in [1.54, 1.807) is 23.8 Å². The summed E-state index contributed by atoms with van der Waals surface area (Å²) in [6.45, 7) is 0. The Bertz CT molecular complexity index is 736. The molecule has 3 nitrogen and oxygen atoms in total. The van der Waals surface area contributed by atoms with Crippen LogP contribution in [0, 0.1) is 0 Å². The molecule has 0 atom stereocenters. The van der Waals surface area contributed by atoms with Gasteiger partial charge in [-0.25, -0.2) is 9.97 Å². The van der Waals surface area contributed by atoms with E-state index in [0.717, 1.165) is 10.4 Å². The molecule has 2 heterocycles. The zero-order chi connectivity index (χ0) is 14.1. The summed E-state index contributed by atoms with van der Waals surface area (Å²) in [6.07, 6.45) is 1.67. The molecule has 7 heteroatoms. The molecule has 0 bridgehead atoms. The van der Waals surface area contributed by atoms with Crippen LogP contribution in [-0.4, -0.2) is 15.0 Å². The van der Waals surface area contributed by atoms with Crippen LogP contribution in [0.3, 0.4) is 0 Å². The summed E-state index contributed by atoms with van der Waals surface area (Å²) in [4.78, 5) is 13.4. The molecule has 20 heavy (non-hydrogen) atoms. The molecule has 0 saturated carbocycles. The molecular formula is C13H6Cl3N3S. The van der Waals surface area contributed by atoms with E-state index in [0.29, 0.717) is 16.4 Å². The highest BCUT2D eigenvalue weighted by Gasteiger charge is 2.15. The van der Waals surface area contributed by atoms with Crippen LogP contribution < -0.4 is 0 Å². The summed E-state index contributed by atoms with van der Waals surface area (Å²) >= 11 is 19.9. The van der Waals surface area contributed by atoms with Gasteiger partial charge in [0.05, 0.1) is 16.0 Å². The van der Waals surface area contributed by atoms with E-state index >= 15 is 0 Å². The molecule has 0 aliphatic carbocycles. The molecule has 0 aliphatic rings. The first kappa shape index (κ1) is 13.8. The lowest BCUT2D eigenvalue weighted by atomic mass is 10.1. The van der Waals surface area contributed by atoms with E-state index in [-0.39, 0.29) is 10.3 Å². The maximum absolute atomic E-state index is 6.24. The van der Waals surface area contributed by atoms with Gasteiger partial charge in [0.2, 0.25) is 0 Å². The smallest absolute Gasteiger partial charge is 0.174 e. The molecule has 3 rings (SSSR count). The van der Waals surface area contributed by atoms with Gasteiger partial charge in [-0.2, -0.15) is 0 Å². The van der Waals surface area contributed by atoms with Crippen molar-refractivity contribution in [3.63, 3.8) is 0 Å². The van der Waals surface area contributed by atoms with Crippen LogP contribution in [0.1, 0.15) is 0 Å². The van der Waals surface area contributed by atoms with Crippen LogP contribution in [0.4, 0.5) is 0 Å². The lowest BCUT2D eigenvalue weighted by Crippen LogP contribution is -1.93. The Balaban J connectivity index is 2.14. The Kier molecular flexibility index (Phi) is 3.89. The zero-order valence-electron chi connectivity index (χ0n) is 9.85. The quantitative estimate of drug-likeness (QED) is 0.599. The van der Waals surface area contributed by atoms with Crippen molar-refractivity contribution < 1.29 is 0 Å². The van der Waals surface area contributed by atoms with Crippen LogP contribution in [0.15, 0.2) is 36.0 Å². The standard InChI is InChI=1S/C13H6Cl3N3S/c14-8-3-1-2-7(4-8)10-11(15)18-13(19-12(10)16)9-5-17-6-20-9/h1-6H. The molecule has 1 aromatic carbocycles. The topological polar surface area (TPSA) is 38.7 Å². The zero-order valence-corrected chi connectivity index (χ0v) is 12.9. The van der Waals surface area contributed by atoms with Gasteiger partial charge in [-0.1, -0.05) is 46.9 Å². The second-order valence-corrected chi connectivity index (χ2v) is 5.92. The molecule has 3 aromatic rings. The largest absolute Gasteiger partial charge is 0.252 e. The molecule has 0 unspecified atom stereocenters. The van der Waals surface area contributed by atoms with Crippen molar-refractivity contribution in [3.05, 3.63) is 51.3 Å². The summed E-state index contributed by atoms with van der Waals surface area (Å²) in [5.74, 6) is 0.466. The lowest BCUT2D eigenvalue weighted by Gasteiger charge is -2.08. The number of nitrogens with zero attached hydrogens (tertiary/aromatic N) is 3. The van der Waals surface area contributed by atoms with E-state index in [1.165, 1.54) is 11.3 Å². The predicted molar refractivity (Wildman–Crippen MR) is 83.6 cm³/mol. The van der Waals surface area contributed by atoms with Crippen LogP contribution >= 0.6 is 46.1 Å². The molecule has 0 amide bonds. The van der Waals surface area contributed by atoms with E-state index in [1.807, 2.05) is 12.1 Å². The third-order valence-electron chi connectivity index (χ3n) is 2.59. The van der Waals surface area contributed by atoms with Crippen LogP contribution in [0.2, 0.25) is 15.3 Å². The van der Waals surface area contributed by atoms with Gasteiger partial charge in [-0.3, -0.25) is 4.98 Å². The molecule has 0 N–H and O–H groups in total. The van der Waals surface area contributed by atoms with Gasteiger partial charge < -0.3 is 0 Å². The average Bonchev–Trinajstić information content (AvgIpc) is 2.91. The third kappa shape index (κ3) is 2.65. The summed E-state index contributed by atoms with van der Waals surface area (Å²) < 4.78 is 0. The van der Waals surface area contributed by atoms with Crippen LogP contribution in [0.25, 0.3) is 21.8 Å². The summed E-state index contributed by atoms with van der Waals surface area (Å²) in [7, 11) is 0. The molecule has 0 fully saturated rings. The highest BCUT2D eigenvalue weighted by atomic mass is 35.5. The number of hydrogen-bond acceptors (Lipinski definition) is 4. The fraction of sp³-hybridized carbons (Fsp3) is 0. The average molecular weight is 343 g/mol. The van der Waals surface area contributed by atoms with Gasteiger partial charge >= 0.3 is 0 Å². The Morgan fingerprint density at radius 1 is 1.00 bits per heavy atom. The van der Waals surface area contributed by atoms with Gasteiger partial charge in [0.15, 0.2) is 5.82 Å². The number of benzene rings is 1. The second kappa shape index (κ2) is 5.66. The van der Waals surface area contributed by atoms with Gasteiger partial charge in [0, 0.05) is 11.2 Å². The molecule has 100 valence electrons. The van der Waals surface area contributed by atoms with Gasteiger partial charge in [-0.05, 0) is 17.7 Å². The minimum absolute atomic E-state index is 0.288. The van der Waals surface area contributed by atoms with Crippen molar-refractivity contribution in [1.29, 1.82) is 0 Å². The van der Waals surface area contributed by atoms with Crippen molar-refractivity contribution >= 4 is 46.1 Å². The number of aromatic nitrogens is 3. The highest BCUT2D eigenvalue weighted by molar-refractivity contribution is 7.13. The van der Waals surface area contributed by atoms with Crippen LogP contribution in [-0.2, 0) is 0 Å². The van der Waals surface area contributed by atoms with Crippen LogP contribution in [0.5, 0.6) is 0 Å². The van der Waals surface area contributed by atoms with Gasteiger partial charge in [0.25, 0.3) is 0 Å². The normalized spacial score (nSPS) is 10.8. The van der Waals surface area contributed by atoms with Crippen molar-refractivity contribution in [1.82, 2.24) is 15.0 Å². The molecular weight excluding hydrogens is 337 g/mol. The lowest BCUT2D eigenvalue weighted by molar-refractivity contribution is 1.18. The maximum Gasteiger partial charge on any atom is 0.174 e. The first-order valence-electron chi connectivity index (χ1n) is 5.53. The Labute approximate surface area is 134 Å². The molecule has 0 radical (unpaired) electrons. The third-order valence-corrected chi connectivity index (χ3v) is 4.14. The number of halogens is 3. The second-order valence-electron chi connectivity index (χ2n) is 3.88. The van der Waals surface area contributed by atoms with Gasteiger partial charge in [-0.15, -0.1) is 11.3 Å². The summed E-state index contributed by atoms with van der Waals surface area (Å²) in [5, 5.41) is 1.17. The molecule has 0 saturated heterocycles.